The molecule has 2 fully saturated rings. The lowest BCUT2D eigenvalue weighted by molar-refractivity contribution is -0.117. The van der Waals surface area contributed by atoms with Gasteiger partial charge in [0.25, 0.3) is 0 Å². The molecule has 21 heavy (non-hydrogen) atoms. The fraction of sp³-hybridized carbons (Fsp3) is 0.562. The first-order valence-electron chi connectivity index (χ1n) is 7.63. The van der Waals surface area contributed by atoms with Gasteiger partial charge in [-0.05, 0) is 43.4 Å². The van der Waals surface area contributed by atoms with E-state index in [-0.39, 0.29) is 17.1 Å². The number of benzene rings is 1. The van der Waals surface area contributed by atoms with Gasteiger partial charge >= 0.3 is 0 Å². The van der Waals surface area contributed by atoms with E-state index in [1.165, 1.54) is 0 Å². The van der Waals surface area contributed by atoms with Gasteiger partial charge in [-0.1, -0.05) is 25.8 Å². The highest BCUT2D eigenvalue weighted by Crippen LogP contribution is 2.38. The predicted molar refractivity (Wildman–Crippen MR) is 81.8 cm³/mol. The second-order valence-electron chi connectivity index (χ2n) is 6.29. The van der Waals surface area contributed by atoms with Crippen molar-refractivity contribution in [2.75, 3.05) is 5.32 Å². The van der Waals surface area contributed by atoms with E-state index in [4.69, 9.17) is 0 Å². The van der Waals surface area contributed by atoms with E-state index in [0.29, 0.717) is 16.5 Å². The molecule has 2 aliphatic rings. The van der Waals surface area contributed by atoms with E-state index in [1.807, 2.05) is 6.92 Å². The van der Waals surface area contributed by atoms with Gasteiger partial charge in [0.1, 0.15) is 0 Å². The molecule has 0 spiro atoms. The maximum absolute atomic E-state index is 12.6. The van der Waals surface area contributed by atoms with E-state index in [2.05, 4.69) is 5.32 Å². The molecule has 0 heterocycles. The fourth-order valence-electron chi connectivity index (χ4n) is 3.06. The summed E-state index contributed by atoms with van der Waals surface area (Å²) in [7, 11) is -3.26. The summed E-state index contributed by atoms with van der Waals surface area (Å²) in [6.45, 7) is 2.05. The van der Waals surface area contributed by atoms with Crippen LogP contribution in [0.25, 0.3) is 0 Å². The van der Waals surface area contributed by atoms with Crippen molar-refractivity contribution in [1.82, 2.24) is 0 Å². The summed E-state index contributed by atoms with van der Waals surface area (Å²) in [6.07, 6.45) is 4.39. The van der Waals surface area contributed by atoms with Crippen molar-refractivity contribution in [1.29, 1.82) is 0 Å². The van der Waals surface area contributed by atoms with E-state index >= 15 is 0 Å². The fourth-order valence-corrected chi connectivity index (χ4v) is 4.96. The summed E-state index contributed by atoms with van der Waals surface area (Å²) in [6, 6.07) is 6.67. The molecule has 0 aliphatic heterocycles. The van der Waals surface area contributed by atoms with Crippen LogP contribution < -0.4 is 5.32 Å². The Kier molecular flexibility index (Phi) is 3.78. The molecule has 2 saturated carbocycles. The molecule has 3 rings (SSSR count). The molecule has 2 aliphatic carbocycles. The summed E-state index contributed by atoms with van der Waals surface area (Å²) in [5.41, 5.74) is 0.582. The van der Waals surface area contributed by atoms with Gasteiger partial charge in [-0.2, -0.15) is 0 Å². The van der Waals surface area contributed by atoms with E-state index in [0.717, 1.165) is 32.1 Å². The zero-order valence-corrected chi connectivity index (χ0v) is 13.0. The van der Waals surface area contributed by atoms with Crippen LogP contribution in [0.3, 0.4) is 0 Å². The number of rotatable bonds is 4. The monoisotopic (exact) mass is 307 g/mol. The molecule has 1 N–H and O–H groups in total. The number of anilines is 1. The summed E-state index contributed by atoms with van der Waals surface area (Å²) in [5, 5.41) is 2.58. The van der Waals surface area contributed by atoms with Crippen LogP contribution >= 0.6 is 0 Å². The van der Waals surface area contributed by atoms with Crippen molar-refractivity contribution >= 4 is 21.4 Å². The molecule has 1 aromatic carbocycles. The number of hydrogen-bond acceptors (Lipinski definition) is 3. The second kappa shape index (κ2) is 5.44. The molecule has 1 aromatic rings. The Morgan fingerprint density at radius 1 is 1.24 bits per heavy atom. The SMILES string of the molecule is CC1CC1C(=O)Nc1cccc(S(=O)(=O)C2CCCC2)c1. The van der Waals surface area contributed by atoms with Crippen molar-refractivity contribution in [3.8, 4) is 0 Å². The average Bonchev–Trinajstić information content (AvgIpc) is 2.96. The Bertz CT molecular complexity index is 647. The highest BCUT2D eigenvalue weighted by Gasteiger charge is 2.39. The van der Waals surface area contributed by atoms with E-state index in [9.17, 15) is 13.2 Å². The third-order valence-corrected chi connectivity index (χ3v) is 6.88. The largest absolute Gasteiger partial charge is 0.326 e. The Morgan fingerprint density at radius 2 is 1.90 bits per heavy atom. The lowest BCUT2D eigenvalue weighted by Crippen LogP contribution is -2.19. The van der Waals surface area contributed by atoms with Crippen LogP contribution in [0.15, 0.2) is 29.2 Å². The Labute approximate surface area is 125 Å². The molecule has 5 heteroatoms. The van der Waals surface area contributed by atoms with Gasteiger partial charge in [0, 0.05) is 11.6 Å². The lowest BCUT2D eigenvalue weighted by atomic mass is 10.3. The van der Waals surface area contributed by atoms with Crippen molar-refractivity contribution in [2.24, 2.45) is 11.8 Å². The first-order chi connectivity index (χ1) is 9.98. The maximum atomic E-state index is 12.6. The molecule has 0 saturated heterocycles. The number of carbonyl (C=O) groups excluding carboxylic acids is 1. The summed E-state index contributed by atoms with van der Waals surface area (Å²) in [4.78, 5) is 12.3. The van der Waals surface area contributed by atoms with Crippen LogP contribution in [0.5, 0.6) is 0 Å². The molecule has 114 valence electrons. The van der Waals surface area contributed by atoms with Gasteiger partial charge in [0.05, 0.1) is 10.1 Å². The summed E-state index contributed by atoms with van der Waals surface area (Å²) >= 11 is 0. The lowest BCUT2D eigenvalue weighted by Gasteiger charge is -2.12. The molecule has 4 nitrogen and oxygen atoms in total. The standard InChI is InChI=1S/C16H21NO3S/c1-11-9-15(11)16(18)17-12-5-4-8-14(10-12)21(19,20)13-6-2-3-7-13/h4-5,8,10-11,13,15H,2-3,6-7,9H2,1H3,(H,17,18). The Morgan fingerprint density at radius 3 is 2.52 bits per heavy atom. The third kappa shape index (κ3) is 2.98. The van der Waals surface area contributed by atoms with Gasteiger partial charge in [0.15, 0.2) is 9.84 Å². The molecule has 2 unspecified atom stereocenters. The van der Waals surface area contributed by atoms with Gasteiger partial charge in [-0.25, -0.2) is 8.42 Å². The quantitative estimate of drug-likeness (QED) is 0.930. The summed E-state index contributed by atoms with van der Waals surface area (Å²) in [5.74, 6) is 0.522. The summed E-state index contributed by atoms with van der Waals surface area (Å²) < 4.78 is 25.1. The highest BCUT2D eigenvalue weighted by molar-refractivity contribution is 7.92. The minimum Gasteiger partial charge on any atom is -0.326 e. The van der Waals surface area contributed by atoms with Gasteiger partial charge < -0.3 is 5.32 Å². The third-order valence-electron chi connectivity index (χ3n) is 4.62. The normalized spacial score (nSPS) is 25.8. The maximum Gasteiger partial charge on any atom is 0.227 e. The smallest absolute Gasteiger partial charge is 0.227 e. The van der Waals surface area contributed by atoms with Crippen molar-refractivity contribution in [3.05, 3.63) is 24.3 Å². The molecular formula is C16H21NO3S. The number of hydrogen-bond donors (Lipinski definition) is 1. The van der Waals surface area contributed by atoms with Crippen LogP contribution in [0.1, 0.15) is 39.0 Å². The first kappa shape index (κ1) is 14.6. The molecule has 0 aromatic heterocycles. The van der Waals surface area contributed by atoms with Crippen molar-refractivity contribution in [3.63, 3.8) is 0 Å². The van der Waals surface area contributed by atoms with Crippen molar-refractivity contribution < 1.29 is 13.2 Å². The highest BCUT2D eigenvalue weighted by atomic mass is 32.2. The number of amides is 1. The van der Waals surface area contributed by atoms with Gasteiger partial charge in [-0.3, -0.25) is 4.79 Å². The van der Waals surface area contributed by atoms with Crippen molar-refractivity contribution in [2.45, 2.75) is 49.2 Å². The number of nitrogens with one attached hydrogen (secondary N) is 1. The molecule has 0 radical (unpaired) electrons. The molecule has 2 atom stereocenters. The first-order valence-corrected chi connectivity index (χ1v) is 9.18. The van der Waals surface area contributed by atoms with Crippen LogP contribution in [0, 0.1) is 11.8 Å². The topological polar surface area (TPSA) is 63.2 Å². The molecule has 0 bridgehead atoms. The number of carbonyl (C=O) groups is 1. The van der Waals surface area contributed by atoms with Gasteiger partial charge in [0.2, 0.25) is 5.91 Å². The minimum atomic E-state index is -3.26. The van der Waals surface area contributed by atoms with Gasteiger partial charge in [-0.15, -0.1) is 0 Å². The van der Waals surface area contributed by atoms with Crippen LogP contribution in [0.4, 0.5) is 5.69 Å². The van der Waals surface area contributed by atoms with Crippen LogP contribution in [-0.2, 0) is 14.6 Å². The van der Waals surface area contributed by atoms with E-state index in [1.54, 1.807) is 24.3 Å². The molecule has 1 amide bonds. The molecular weight excluding hydrogens is 286 g/mol. The second-order valence-corrected chi connectivity index (χ2v) is 8.52. The van der Waals surface area contributed by atoms with Crippen LogP contribution in [-0.4, -0.2) is 19.6 Å². The Hall–Kier alpha value is -1.36. The zero-order chi connectivity index (χ0) is 15.0. The van der Waals surface area contributed by atoms with Crippen LogP contribution in [0.2, 0.25) is 0 Å². The average molecular weight is 307 g/mol. The zero-order valence-electron chi connectivity index (χ0n) is 12.2. The predicted octanol–water partition coefficient (Wildman–Crippen LogP) is 3.00. The van der Waals surface area contributed by atoms with E-state index < -0.39 is 9.84 Å². The Balaban J connectivity index is 1.78. The minimum absolute atomic E-state index is 0.00193. The number of sulfone groups is 1.